The van der Waals surface area contributed by atoms with E-state index in [1.54, 1.807) is 0 Å². The van der Waals surface area contributed by atoms with Crippen LogP contribution in [0.1, 0.15) is 27.2 Å². The summed E-state index contributed by atoms with van der Waals surface area (Å²) in [5, 5.41) is 3.28. The highest BCUT2D eigenvalue weighted by Crippen LogP contribution is 2.32. The summed E-state index contributed by atoms with van der Waals surface area (Å²) in [4.78, 5) is 2.36. The van der Waals surface area contributed by atoms with Gasteiger partial charge in [0, 0.05) is 17.4 Å². The first kappa shape index (κ1) is 9.44. The first-order chi connectivity index (χ1) is 6.56. The van der Waals surface area contributed by atoms with Gasteiger partial charge in [-0.25, -0.2) is 0 Å². The summed E-state index contributed by atoms with van der Waals surface area (Å²) >= 11 is 0. The Hall–Kier alpha value is -1.12. The molecule has 2 atom stereocenters. The van der Waals surface area contributed by atoms with Crippen LogP contribution in [0.5, 0.6) is 0 Å². The SMILES string of the molecule is CCC(C)(C)N1C=C(N)C2NC=CC21. The Morgan fingerprint density at radius 2 is 2.29 bits per heavy atom. The normalized spacial score (nSPS) is 30.2. The highest BCUT2D eigenvalue weighted by atomic mass is 15.3. The van der Waals surface area contributed by atoms with Crippen molar-refractivity contribution < 1.29 is 0 Å². The van der Waals surface area contributed by atoms with Crippen molar-refractivity contribution in [1.82, 2.24) is 10.2 Å². The Balaban J connectivity index is 2.25. The number of rotatable bonds is 2. The molecular formula is C11H19N3. The van der Waals surface area contributed by atoms with Crippen LogP contribution in [-0.4, -0.2) is 22.5 Å². The Labute approximate surface area is 85.6 Å². The van der Waals surface area contributed by atoms with E-state index < -0.39 is 0 Å². The third-order valence-corrected chi connectivity index (χ3v) is 3.44. The highest BCUT2D eigenvalue weighted by molar-refractivity contribution is 5.29. The molecule has 3 heteroatoms. The second-order valence-corrected chi connectivity index (χ2v) is 4.70. The van der Waals surface area contributed by atoms with Crippen molar-refractivity contribution in [2.24, 2.45) is 5.73 Å². The molecule has 0 amide bonds. The standard InChI is InChI=1S/C11H19N3/c1-4-11(2,3)14-7-8(12)10-9(14)5-6-13-10/h5-7,9-10,13H,4,12H2,1-3H3. The molecule has 3 N–H and O–H groups in total. The Morgan fingerprint density at radius 1 is 1.57 bits per heavy atom. The van der Waals surface area contributed by atoms with Gasteiger partial charge in [0.2, 0.25) is 0 Å². The molecule has 0 fully saturated rings. The minimum Gasteiger partial charge on any atom is -0.399 e. The van der Waals surface area contributed by atoms with E-state index in [2.05, 4.69) is 43.3 Å². The lowest BCUT2D eigenvalue weighted by atomic mass is 9.97. The van der Waals surface area contributed by atoms with Gasteiger partial charge in [-0.2, -0.15) is 0 Å². The number of nitrogens with one attached hydrogen (secondary N) is 1. The molecule has 14 heavy (non-hydrogen) atoms. The highest BCUT2D eigenvalue weighted by Gasteiger charge is 2.40. The predicted octanol–water partition coefficient (Wildman–Crippen LogP) is 1.14. The number of fused-ring (bicyclic) bond motifs is 1. The molecule has 78 valence electrons. The second-order valence-electron chi connectivity index (χ2n) is 4.70. The summed E-state index contributed by atoms with van der Waals surface area (Å²) in [5.41, 5.74) is 7.11. The van der Waals surface area contributed by atoms with Crippen LogP contribution in [0.25, 0.3) is 0 Å². The number of nitrogens with two attached hydrogens (primary N) is 1. The fourth-order valence-electron chi connectivity index (χ4n) is 2.10. The minimum atomic E-state index is 0.181. The van der Waals surface area contributed by atoms with Gasteiger partial charge in [0.25, 0.3) is 0 Å². The van der Waals surface area contributed by atoms with Gasteiger partial charge < -0.3 is 16.0 Å². The van der Waals surface area contributed by atoms with Gasteiger partial charge in [-0.15, -0.1) is 0 Å². The van der Waals surface area contributed by atoms with Crippen LogP contribution in [0.4, 0.5) is 0 Å². The monoisotopic (exact) mass is 193 g/mol. The lowest BCUT2D eigenvalue weighted by Gasteiger charge is -2.39. The van der Waals surface area contributed by atoms with E-state index in [-0.39, 0.29) is 5.54 Å². The average molecular weight is 193 g/mol. The van der Waals surface area contributed by atoms with Crippen molar-refractivity contribution in [3.63, 3.8) is 0 Å². The lowest BCUT2D eigenvalue weighted by Crippen LogP contribution is -2.47. The third-order valence-electron chi connectivity index (χ3n) is 3.44. The molecule has 0 saturated carbocycles. The van der Waals surface area contributed by atoms with Gasteiger partial charge in [-0.1, -0.05) is 6.92 Å². The van der Waals surface area contributed by atoms with Crippen LogP contribution in [0.15, 0.2) is 24.2 Å². The van der Waals surface area contributed by atoms with Crippen molar-refractivity contribution in [2.75, 3.05) is 0 Å². The quantitative estimate of drug-likeness (QED) is 0.691. The van der Waals surface area contributed by atoms with Crippen molar-refractivity contribution in [2.45, 2.75) is 44.8 Å². The van der Waals surface area contributed by atoms with Crippen LogP contribution in [0.3, 0.4) is 0 Å². The van der Waals surface area contributed by atoms with E-state index in [9.17, 15) is 0 Å². The number of hydrogen-bond donors (Lipinski definition) is 2. The molecule has 0 spiro atoms. The molecular weight excluding hydrogens is 174 g/mol. The number of hydrogen-bond acceptors (Lipinski definition) is 3. The topological polar surface area (TPSA) is 41.3 Å². The summed E-state index contributed by atoms with van der Waals surface area (Å²) in [6.45, 7) is 6.72. The summed E-state index contributed by atoms with van der Waals surface area (Å²) < 4.78 is 0. The molecule has 0 aromatic heterocycles. The number of nitrogens with zero attached hydrogens (tertiary/aromatic N) is 1. The second kappa shape index (κ2) is 2.94. The first-order valence-corrected chi connectivity index (χ1v) is 5.24. The van der Waals surface area contributed by atoms with Gasteiger partial charge >= 0.3 is 0 Å². The fourth-order valence-corrected chi connectivity index (χ4v) is 2.10. The van der Waals surface area contributed by atoms with E-state index in [4.69, 9.17) is 5.73 Å². The van der Waals surface area contributed by atoms with Gasteiger partial charge in [0.05, 0.1) is 12.1 Å². The van der Waals surface area contributed by atoms with Crippen molar-refractivity contribution in [3.05, 3.63) is 24.2 Å². The van der Waals surface area contributed by atoms with E-state index in [1.165, 1.54) is 0 Å². The smallest absolute Gasteiger partial charge is 0.0909 e. The average Bonchev–Trinajstić information content (AvgIpc) is 2.70. The molecule has 2 unspecified atom stereocenters. The first-order valence-electron chi connectivity index (χ1n) is 5.24. The molecule has 0 bridgehead atoms. The largest absolute Gasteiger partial charge is 0.399 e. The van der Waals surface area contributed by atoms with Crippen molar-refractivity contribution in [3.8, 4) is 0 Å². The molecule has 2 aliphatic rings. The van der Waals surface area contributed by atoms with Crippen LogP contribution >= 0.6 is 0 Å². The molecule has 0 aromatic carbocycles. The van der Waals surface area contributed by atoms with Crippen molar-refractivity contribution >= 4 is 0 Å². The molecule has 0 aromatic rings. The van der Waals surface area contributed by atoms with Crippen molar-refractivity contribution in [1.29, 1.82) is 0 Å². The zero-order chi connectivity index (χ0) is 10.3. The van der Waals surface area contributed by atoms with Crippen LogP contribution in [-0.2, 0) is 0 Å². The van der Waals surface area contributed by atoms with E-state index in [1.807, 2.05) is 6.20 Å². The van der Waals surface area contributed by atoms with Crippen LogP contribution in [0, 0.1) is 0 Å². The van der Waals surface area contributed by atoms with Gasteiger partial charge in [0.1, 0.15) is 0 Å². The molecule has 0 aliphatic carbocycles. The van der Waals surface area contributed by atoms with Gasteiger partial charge in [-0.05, 0) is 32.5 Å². The molecule has 0 radical (unpaired) electrons. The molecule has 0 saturated heterocycles. The molecule has 3 nitrogen and oxygen atoms in total. The van der Waals surface area contributed by atoms with Crippen LogP contribution < -0.4 is 11.1 Å². The van der Waals surface area contributed by atoms with Gasteiger partial charge in [-0.3, -0.25) is 0 Å². The van der Waals surface area contributed by atoms with E-state index >= 15 is 0 Å². The van der Waals surface area contributed by atoms with Crippen LogP contribution in [0.2, 0.25) is 0 Å². The summed E-state index contributed by atoms with van der Waals surface area (Å²) in [6.07, 6.45) is 7.41. The summed E-state index contributed by atoms with van der Waals surface area (Å²) in [7, 11) is 0. The maximum atomic E-state index is 5.98. The predicted molar refractivity (Wildman–Crippen MR) is 58.3 cm³/mol. The Kier molecular flexibility index (Phi) is 1.98. The van der Waals surface area contributed by atoms with Gasteiger partial charge in [0.15, 0.2) is 0 Å². The summed E-state index contributed by atoms with van der Waals surface area (Å²) in [6, 6.07) is 0.700. The fraction of sp³-hybridized carbons (Fsp3) is 0.636. The van der Waals surface area contributed by atoms with E-state index in [0.717, 1.165) is 12.1 Å². The molecule has 2 rings (SSSR count). The summed E-state index contributed by atoms with van der Waals surface area (Å²) in [5.74, 6) is 0. The zero-order valence-electron chi connectivity index (χ0n) is 9.12. The maximum absolute atomic E-state index is 5.98. The molecule has 2 heterocycles. The Morgan fingerprint density at radius 3 is 2.93 bits per heavy atom. The molecule has 2 aliphatic heterocycles. The third kappa shape index (κ3) is 1.19. The lowest BCUT2D eigenvalue weighted by molar-refractivity contribution is 0.155. The van der Waals surface area contributed by atoms with E-state index in [0.29, 0.717) is 12.1 Å². The zero-order valence-corrected chi connectivity index (χ0v) is 9.12. The Bertz CT molecular complexity index is 291. The maximum Gasteiger partial charge on any atom is 0.0909 e. The minimum absolute atomic E-state index is 0.181.